The number of aryl methyl sites for hydroxylation is 2. The molecule has 0 saturated carbocycles. The molecule has 15 heavy (non-hydrogen) atoms. The Hall–Kier alpha value is -0.800. The zero-order valence-corrected chi connectivity index (χ0v) is 9.48. The van der Waals surface area contributed by atoms with Crippen molar-refractivity contribution >= 4 is 11.3 Å². The van der Waals surface area contributed by atoms with Crippen molar-refractivity contribution in [2.75, 3.05) is 6.61 Å². The summed E-state index contributed by atoms with van der Waals surface area (Å²) in [6, 6.07) is 2.25. The van der Waals surface area contributed by atoms with Gasteiger partial charge in [-0.3, -0.25) is 0 Å². The van der Waals surface area contributed by atoms with Crippen LogP contribution in [0.2, 0.25) is 0 Å². The van der Waals surface area contributed by atoms with Gasteiger partial charge in [0.2, 0.25) is 0 Å². The normalized spacial score (nSPS) is 21.0. The summed E-state index contributed by atoms with van der Waals surface area (Å²) in [7, 11) is 0. The van der Waals surface area contributed by atoms with Crippen LogP contribution in [0.15, 0.2) is 17.9 Å². The van der Waals surface area contributed by atoms with Gasteiger partial charge >= 0.3 is 0 Å². The average Bonchev–Trinajstić information content (AvgIpc) is 2.92. The third-order valence-electron chi connectivity index (χ3n) is 3.11. The fourth-order valence-corrected chi connectivity index (χ4v) is 3.57. The Morgan fingerprint density at radius 3 is 3.07 bits per heavy atom. The van der Waals surface area contributed by atoms with Crippen molar-refractivity contribution in [1.29, 1.82) is 0 Å². The van der Waals surface area contributed by atoms with Gasteiger partial charge in [0.25, 0.3) is 0 Å². The molecule has 1 aromatic rings. The molecule has 3 heteroatoms. The molecule has 1 aliphatic carbocycles. The molecule has 0 spiro atoms. The summed E-state index contributed by atoms with van der Waals surface area (Å²) in [5.74, 6) is 0.968. The van der Waals surface area contributed by atoms with Crippen molar-refractivity contribution in [3.63, 3.8) is 0 Å². The number of thiophene rings is 1. The van der Waals surface area contributed by atoms with E-state index in [1.54, 1.807) is 4.88 Å². The van der Waals surface area contributed by atoms with Crippen LogP contribution in [0.25, 0.3) is 0 Å². The van der Waals surface area contributed by atoms with E-state index in [0.717, 1.165) is 18.8 Å². The van der Waals surface area contributed by atoms with E-state index in [1.807, 2.05) is 11.3 Å². The summed E-state index contributed by atoms with van der Waals surface area (Å²) in [6.07, 6.45) is 6.92. The Kier molecular flexibility index (Phi) is 2.29. The van der Waals surface area contributed by atoms with E-state index in [-0.39, 0.29) is 6.04 Å². The zero-order chi connectivity index (χ0) is 10.3. The second-order valence-electron chi connectivity index (χ2n) is 4.17. The van der Waals surface area contributed by atoms with Crippen molar-refractivity contribution < 1.29 is 4.74 Å². The van der Waals surface area contributed by atoms with Gasteiger partial charge in [0.05, 0.1) is 12.6 Å². The number of nitrogens with two attached hydrogens (primary N) is 1. The number of hydrogen-bond acceptors (Lipinski definition) is 3. The minimum Gasteiger partial charge on any atom is -0.496 e. The third kappa shape index (κ3) is 1.60. The predicted octanol–water partition coefficient (Wildman–Crippen LogP) is 2.54. The van der Waals surface area contributed by atoms with Gasteiger partial charge in [-0.2, -0.15) is 0 Å². The number of ether oxygens (including phenoxy) is 1. The molecule has 80 valence electrons. The molecular weight excluding hydrogens is 206 g/mol. The largest absolute Gasteiger partial charge is 0.496 e. The molecule has 0 amide bonds. The molecule has 2 nitrogen and oxygen atoms in total. The summed E-state index contributed by atoms with van der Waals surface area (Å²) in [4.78, 5) is 2.81. The highest BCUT2D eigenvalue weighted by Crippen LogP contribution is 2.36. The van der Waals surface area contributed by atoms with Crippen LogP contribution in [-0.2, 0) is 17.6 Å². The van der Waals surface area contributed by atoms with Gasteiger partial charge in [0.1, 0.15) is 5.76 Å². The topological polar surface area (TPSA) is 35.2 Å². The SMILES string of the molecule is NC(C1=CCCO1)c1cc2c(s1)CCC2. The van der Waals surface area contributed by atoms with Gasteiger partial charge in [0.15, 0.2) is 0 Å². The van der Waals surface area contributed by atoms with Crippen molar-refractivity contribution in [3.8, 4) is 0 Å². The first-order valence-electron chi connectivity index (χ1n) is 5.54. The highest BCUT2D eigenvalue weighted by atomic mass is 32.1. The summed E-state index contributed by atoms with van der Waals surface area (Å²) in [6.45, 7) is 0.800. The van der Waals surface area contributed by atoms with E-state index in [4.69, 9.17) is 10.5 Å². The predicted molar refractivity (Wildman–Crippen MR) is 61.9 cm³/mol. The fourth-order valence-electron chi connectivity index (χ4n) is 2.30. The monoisotopic (exact) mass is 221 g/mol. The van der Waals surface area contributed by atoms with Crippen LogP contribution in [0.4, 0.5) is 0 Å². The fraction of sp³-hybridized carbons (Fsp3) is 0.500. The molecule has 2 aliphatic rings. The molecule has 0 fully saturated rings. The van der Waals surface area contributed by atoms with E-state index >= 15 is 0 Å². The van der Waals surface area contributed by atoms with Crippen molar-refractivity contribution in [2.45, 2.75) is 31.7 Å². The van der Waals surface area contributed by atoms with E-state index in [9.17, 15) is 0 Å². The third-order valence-corrected chi connectivity index (χ3v) is 4.43. The van der Waals surface area contributed by atoms with Crippen molar-refractivity contribution in [1.82, 2.24) is 0 Å². The Labute approximate surface area is 93.7 Å². The molecule has 0 aromatic carbocycles. The molecule has 0 radical (unpaired) electrons. The lowest BCUT2D eigenvalue weighted by Gasteiger charge is -2.11. The maximum atomic E-state index is 6.18. The Bertz CT molecular complexity index is 386. The van der Waals surface area contributed by atoms with Crippen LogP contribution < -0.4 is 5.73 Å². The van der Waals surface area contributed by atoms with Crippen molar-refractivity contribution in [3.05, 3.63) is 33.2 Å². The van der Waals surface area contributed by atoms with E-state index in [0.29, 0.717) is 0 Å². The van der Waals surface area contributed by atoms with Crippen LogP contribution in [0.5, 0.6) is 0 Å². The maximum Gasteiger partial charge on any atom is 0.114 e. The highest BCUT2D eigenvalue weighted by molar-refractivity contribution is 7.12. The number of fused-ring (bicyclic) bond motifs is 1. The average molecular weight is 221 g/mol. The lowest BCUT2D eigenvalue weighted by atomic mass is 10.1. The Morgan fingerprint density at radius 2 is 2.33 bits per heavy atom. The molecule has 0 bridgehead atoms. The van der Waals surface area contributed by atoms with Crippen LogP contribution in [-0.4, -0.2) is 6.61 Å². The maximum absolute atomic E-state index is 6.18. The zero-order valence-electron chi connectivity index (χ0n) is 8.66. The number of rotatable bonds is 2. The highest BCUT2D eigenvalue weighted by Gasteiger charge is 2.22. The molecule has 1 aliphatic heterocycles. The second kappa shape index (κ2) is 3.65. The first kappa shape index (κ1) is 9.43. The molecular formula is C12H15NOS. The second-order valence-corrected chi connectivity index (χ2v) is 5.34. The molecule has 2 heterocycles. The molecule has 1 aromatic heterocycles. The number of hydrogen-bond donors (Lipinski definition) is 1. The minimum atomic E-state index is -0.0249. The lowest BCUT2D eigenvalue weighted by Crippen LogP contribution is -2.12. The first-order chi connectivity index (χ1) is 7.34. The van der Waals surface area contributed by atoms with Crippen LogP contribution >= 0.6 is 11.3 Å². The van der Waals surface area contributed by atoms with Gasteiger partial charge in [-0.25, -0.2) is 0 Å². The van der Waals surface area contributed by atoms with E-state index in [1.165, 1.54) is 29.7 Å². The van der Waals surface area contributed by atoms with Gasteiger partial charge in [-0.15, -0.1) is 11.3 Å². The molecule has 1 atom stereocenters. The molecule has 1 unspecified atom stereocenters. The Morgan fingerprint density at radius 1 is 1.40 bits per heavy atom. The molecule has 2 N–H and O–H groups in total. The first-order valence-corrected chi connectivity index (χ1v) is 6.36. The standard InChI is InChI=1S/C12H15NOS/c13-12(9-4-2-6-14-9)11-7-8-3-1-5-10(8)15-11/h4,7,12H,1-3,5-6,13H2. The van der Waals surface area contributed by atoms with Gasteiger partial charge in [0, 0.05) is 16.2 Å². The van der Waals surface area contributed by atoms with Gasteiger partial charge in [-0.05, 0) is 37.0 Å². The summed E-state index contributed by atoms with van der Waals surface area (Å²) >= 11 is 1.87. The van der Waals surface area contributed by atoms with Gasteiger partial charge < -0.3 is 10.5 Å². The summed E-state index contributed by atoms with van der Waals surface area (Å²) in [5.41, 5.74) is 7.70. The van der Waals surface area contributed by atoms with E-state index in [2.05, 4.69) is 12.1 Å². The molecule has 3 rings (SSSR count). The van der Waals surface area contributed by atoms with Gasteiger partial charge in [-0.1, -0.05) is 0 Å². The summed E-state index contributed by atoms with van der Waals surface area (Å²) < 4.78 is 5.51. The van der Waals surface area contributed by atoms with Crippen LogP contribution in [0.3, 0.4) is 0 Å². The van der Waals surface area contributed by atoms with Crippen molar-refractivity contribution in [2.24, 2.45) is 5.73 Å². The quantitative estimate of drug-likeness (QED) is 0.833. The van der Waals surface area contributed by atoms with Crippen LogP contribution in [0, 0.1) is 0 Å². The Balaban J connectivity index is 1.86. The van der Waals surface area contributed by atoms with E-state index < -0.39 is 0 Å². The minimum absolute atomic E-state index is 0.0249. The lowest BCUT2D eigenvalue weighted by molar-refractivity contribution is 0.226. The van der Waals surface area contributed by atoms with Crippen LogP contribution in [0.1, 0.15) is 34.2 Å². The molecule has 0 saturated heterocycles. The smallest absolute Gasteiger partial charge is 0.114 e. The summed E-state index contributed by atoms with van der Waals surface area (Å²) in [5, 5.41) is 0.